The average Bonchev–Trinajstić information content (AvgIpc) is 2.96. The second kappa shape index (κ2) is 6.71. The van der Waals surface area contributed by atoms with Gasteiger partial charge in [-0.15, -0.1) is 0 Å². The van der Waals surface area contributed by atoms with Gasteiger partial charge in [0.05, 0.1) is 22.5 Å². The Kier molecular flexibility index (Phi) is 4.23. The lowest BCUT2D eigenvalue weighted by atomic mass is 9.88. The third kappa shape index (κ3) is 3.21. The maximum atomic E-state index is 12.5. The third-order valence-corrected chi connectivity index (χ3v) is 4.87. The molecule has 1 N–H and O–H groups in total. The largest absolute Gasteiger partial charge is 0.420 e. The fourth-order valence-corrected chi connectivity index (χ4v) is 3.61. The molecular weight excluding hydrogens is 350 g/mol. The number of nitrogens with zero attached hydrogens (tertiary/aromatic N) is 2. The zero-order valence-electron chi connectivity index (χ0n) is 14.4. The van der Waals surface area contributed by atoms with Crippen LogP contribution in [0.3, 0.4) is 0 Å². The van der Waals surface area contributed by atoms with Gasteiger partial charge >= 0.3 is 5.76 Å². The second-order valence-electron chi connectivity index (χ2n) is 6.57. The number of non-ortho nitro benzene ring substituents is 1. The first-order chi connectivity index (χ1) is 13.0. The highest BCUT2D eigenvalue weighted by atomic mass is 16.6. The molecule has 4 rings (SSSR count). The minimum Gasteiger partial charge on any atom is -0.407 e. The first kappa shape index (κ1) is 17.0. The molecule has 1 aliphatic carbocycles. The number of amides is 1. The van der Waals surface area contributed by atoms with Crippen molar-refractivity contribution in [3.05, 3.63) is 74.3 Å². The van der Waals surface area contributed by atoms with Crippen molar-refractivity contribution in [3.63, 3.8) is 0 Å². The van der Waals surface area contributed by atoms with E-state index >= 15 is 0 Å². The Bertz CT molecular complexity index is 1100. The van der Waals surface area contributed by atoms with Crippen molar-refractivity contribution >= 4 is 22.7 Å². The van der Waals surface area contributed by atoms with E-state index in [1.165, 1.54) is 28.3 Å². The number of hydrogen-bond acceptors (Lipinski definition) is 5. The number of nitro groups is 1. The molecule has 1 amide bonds. The molecule has 27 heavy (non-hydrogen) atoms. The van der Waals surface area contributed by atoms with Gasteiger partial charge in [0.25, 0.3) is 5.69 Å². The maximum absolute atomic E-state index is 12.5. The van der Waals surface area contributed by atoms with Gasteiger partial charge in [-0.1, -0.05) is 24.3 Å². The van der Waals surface area contributed by atoms with Crippen LogP contribution in [0.5, 0.6) is 0 Å². The van der Waals surface area contributed by atoms with E-state index in [1.54, 1.807) is 0 Å². The second-order valence-corrected chi connectivity index (χ2v) is 6.57. The summed E-state index contributed by atoms with van der Waals surface area (Å²) in [5, 5.41) is 13.8. The molecule has 2 aromatic carbocycles. The van der Waals surface area contributed by atoms with Crippen LogP contribution in [0.1, 0.15) is 30.0 Å². The number of hydrogen-bond donors (Lipinski definition) is 1. The summed E-state index contributed by atoms with van der Waals surface area (Å²) in [6.45, 7) is -0.206. The van der Waals surface area contributed by atoms with Crippen LogP contribution in [0.15, 0.2) is 51.7 Å². The van der Waals surface area contributed by atoms with Crippen LogP contribution in [0.4, 0.5) is 5.69 Å². The van der Waals surface area contributed by atoms with Gasteiger partial charge in [-0.25, -0.2) is 4.79 Å². The molecule has 0 aliphatic heterocycles. The van der Waals surface area contributed by atoms with E-state index in [4.69, 9.17) is 4.42 Å². The predicted molar refractivity (Wildman–Crippen MR) is 97.4 cm³/mol. The Morgan fingerprint density at radius 1 is 1.30 bits per heavy atom. The molecule has 138 valence electrons. The predicted octanol–water partition coefficient (Wildman–Crippen LogP) is 2.70. The van der Waals surface area contributed by atoms with Crippen molar-refractivity contribution in [2.45, 2.75) is 31.8 Å². The van der Waals surface area contributed by atoms with Gasteiger partial charge in [-0.05, 0) is 36.5 Å². The van der Waals surface area contributed by atoms with E-state index in [0.717, 1.165) is 24.8 Å². The molecule has 0 fully saturated rings. The van der Waals surface area contributed by atoms with E-state index < -0.39 is 10.7 Å². The highest BCUT2D eigenvalue weighted by molar-refractivity contribution is 5.81. The molecule has 8 nitrogen and oxygen atoms in total. The molecule has 0 saturated carbocycles. The fraction of sp³-hybridized carbons (Fsp3) is 0.263. The highest BCUT2D eigenvalue weighted by Crippen LogP contribution is 2.29. The van der Waals surface area contributed by atoms with E-state index in [2.05, 4.69) is 11.4 Å². The standard InChI is InChI=1S/C19H17N3O5/c23-18(20-15-7-3-5-12-4-1-2-6-14(12)15)11-21-16-9-8-13(22(25)26)10-17(16)27-19(21)24/h1-2,4,6,8-10,15H,3,5,7,11H2,(H,20,23)/t15-/m1/s1. The number of aryl methyl sites for hydroxylation is 1. The molecule has 0 spiro atoms. The lowest BCUT2D eigenvalue weighted by Crippen LogP contribution is -2.35. The van der Waals surface area contributed by atoms with Gasteiger partial charge in [0.2, 0.25) is 5.91 Å². The van der Waals surface area contributed by atoms with Crippen LogP contribution in [0.25, 0.3) is 11.1 Å². The monoisotopic (exact) mass is 367 g/mol. The lowest BCUT2D eigenvalue weighted by Gasteiger charge is -2.26. The summed E-state index contributed by atoms with van der Waals surface area (Å²) < 4.78 is 6.24. The summed E-state index contributed by atoms with van der Waals surface area (Å²) in [5.41, 5.74) is 2.60. The molecule has 1 aliphatic rings. The summed E-state index contributed by atoms with van der Waals surface area (Å²) in [5.74, 6) is -1.02. The minimum atomic E-state index is -0.718. The number of rotatable bonds is 4. The molecule has 3 aromatic rings. The van der Waals surface area contributed by atoms with Crippen molar-refractivity contribution in [2.24, 2.45) is 0 Å². The highest BCUT2D eigenvalue weighted by Gasteiger charge is 2.22. The molecule has 0 saturated heterocycles. The fourth-order valence-electron chi connectivity index (χ4n) is 3.61. The molecule has 1 atom stereocenters. The van der Waals surface area contributed by atoms with Gasteiger partial charge in [0, 0.05) is 6.07 Å². The van der Waals surface area contributed by atoms with Crippen molar-refractivity contribution in [1.82, 2.24) is 9.88 Å². The SMILES string of the molecule is O=C(Cn1c(=O)oc2cc([N+](=O)[O-])ccc21)N[C@@H]1CCCc2ccccc21. The minimum absolute atomic E-state index is 0.0857. The topological polar surface area (TPSA) is 107 Å². The Hall–Kier alpha value is -3.42. The van der Waals surface area contributed by atoms with Crippen LogP contribution < -0.4 is 11.1 Å². The van der Waals surface area contributed by atoms with E-state index in [0.29, 0.717) is 5.52 Å². The average molecular weight is 367 g/mol. The summed E-state index contributed by atoms with van der Waals surface area (Å²) in [6, 6.07) is 11.8. The zero-order valence-corrected chi connectivity index (χ0v) is 14.4. The Labute approximate surface area is 153 Å². The smallest absolute Gasteiger partial charge is 0.407 e. The van der Waals surface area contributed by atoms with Crippen LogP contribution in [0.2, 0.25) is 0 Å². The van der Waals surface area contributed by atoms with E-state index in [9.17, 15) is 19.7 Å². The first-order valence-corrected chi connectivity index (χ1v) is 8.68. The number of carbonyl (C=O) groups is 1. The first-order valence-electron chi connectivity index (χ1n) is 8.68. The molecule has 1 heterocycles. The molecule has 1 aromatic heterocycles. The van der Waals surface area contributed by atoms with Gasteiger partial charge in [0.15, 0.2) is 5.58 Å². The normalized spacial score (nSPS) is 16.1. The number of carbonyl (C=O) groups excluding carboxylic acids is 1. The maximum Gasteiger partial charge on any atom is 0.420 e. The lowest BCUT2D eigenvalue weighted by molar-refractivity contribution is -0.384. The molecule has 8 heteroatoms. The van der Waals surface area contributed by atoms with Crippen molar-refractivity contribution in [3.8, 4) is 0 Å². The molecule has 0 unspecified atom stereocenters. The number of benzene rings is 2. The number of oxazole rings is 1. The van der Waals surface area contributed by atoms with Crippen LogP contribution in [-0.2, 0) is 17.8 Å². The van der Waals surface area contributed by atoms with Gasteiger partial charge in [-0.2, -0.15) is 0 Å². The number of nitrogens with one attached hydrogen (secondary N) is 1. The van der Waals surface area contributed by atoms with Crippen LogP contribution in [-0.4, -0.2) is 15.4 Å². The van der Waals surface area contributed by atoms with Crippen LogP contribution in [0, 0.1) is 10.1 Å². The Balaban J connectivity index is 1.56. The Morgan fingerprint density at radius 2 is 2.11 bits per heavy atom. The van der Waals surface area contributed by atoms with Gasteiger partial charge < -0.3 is 9.73 Å². The van der Waals surface area contributed by atoms with Crippen molar-refractivity contribution in [1.29, 1.82) is 0 Å². The Morgan fingerprint density at radius 3 is 2.93 bits per heavy atom. The summed E-state index contributed by atoms with van der Waals surface area (Å²) in [7, 11) is 0. The number of nitro benzene ring substituents is 1. The molecular formula is C19H17N3O5. The third-order valence-electron chi connectivity index (χ3n) is 4.87. The van der Waals surface area contributed by atoms with Crippen molar-refractivity contribution < 1.29 is 14.1 Å². The van der Waals surface area contributed by atoms with E-state index in [-0.39, 0.29) is 29.8 Å². The number of aromatic nitrogens is 1. The quantitative estimate of drug-likeness (QED) is 0.563. The van der Waals surface area contributed by atoms with Crippen molar-refractivity contribution in [2.75, 3.05) is 0 Å². The van der Waals surface area contributed by atoms with E-state index in [1.807, 2.05) is 18.2 Å². The van der Waals surface area contributed by atoms with Gasteiger partial charge in [0.1, 0.15) is 6.54 Å². The zero-order chi connectivity index (χ0) is 19.0. The molecule has 0 bridgehead atoms. The van der Waals surface area contributed by atoms with Crippen LogP contribution >= 0.6 is 0 Å². The summed E-state index contributed by atoms with van der Waals surface area (Å²) in [4.78, 5) is 34.9. The summed E-state index contributed by atoms with van der Waals surface area (Å²) in [6.07, 6.45) is 2.82. The summed E-state index contributed by atoms with van der Waals surface area (Å²) >= 11 is 0. The molecule has 0 radical (unpaired) electrons. The van der Waals surface area contributed by atoms with Gasteiger partial charge in [-0.3, -0.25) is 19.5 Å². The number of fused-ring (bicyclic) bond motifs is 2.